The maximum absolute atomic E-state index is 5.61. The van der Waals surface area contributed by atoms with E-state index in [0.717, 1.165) is 28.3 Å². The Hall–Kier alpha value is -2.40. The molecule has 96 valence electrons. The summed E-state index contributed by atoms with van der Waals surface area (Å²) in [5, 5.41) is 7.52. The van der Waals surface area contributed by atoms with Gasteiger partial charge in [0.15, 0.2) is 5.65 Å². The van der Waals surface area contributed by atoms with Crippen LogP contribution < -0.4 is 11.1 Å². The van der Waals surface area contributed by atoms with Gasteiger partial charge in [-0.25, -0.2) is 9.50 Å². The van der Waals surface area contributed by atoms with Crippen molar-refractivity contribution in [3.05, 3.63) is 48.2 Å². The smallest absolute Gasteiger partial charge is 0.154 e. The van der Waals surface area contributed by atoms with Gasteiger partial charge in [0.25, 0.3) is 0 Å². The zero-order valence-corrected chi connectivity index (χ0v) is 10.7. The molecule has 0 aliphatic rings. The van der Waals surface area contributed by atoms with Crippen LogP contribution in [-0.2, 0) is 6.54 Å². The number of imidazole rings is 1. The van der Waals surface area contributed by atoms with E-state index in [1.165, 1.54) is 0 Å². The molecule has 5 heteroatoms. The van der Waals surface area contributed by atoms with Crippen LogP contribution in [-0.4, -0.2) is 21.6 Å². The van der Waals surface area contributed by atoms with Crippen molar-refractivity contribution in [2.75, 3.05) is 12.4 Å². The number of aromatic nitrogens is 3. The van der Waals surface area contributed by atoms with Crippen molar-refractivity contribution in [1.29, 1.82) is 0 Å². The third-order valence-electron chi connectivity index (χ3n) is 3.10. The molecule has 0 unspecified atom stereocenters. The molecule has 0 bridgehead atoms. The van der Waals surface area contributed by atoms with Crippen LogP contribution in [0.25, 0.3) is 16.9 Å². The summed E-state index contributed by atoms with van der Waals surface area (Å²) in [6, 6.07) is 12.0. The first-order chi connectivity index (χ1) is 9.31. The monoisotopic (exact) mass is 253 g/mol. The molecule has 0 saturated heterocycles. The van der Waals surface area contributed by atoms with E-state index >= 15 is 0 Å². The summed E-state index contributed by atoms with van der Waals surface area (Å²) in [7, 11) is 1.85. The summed E-state index contributed by atoms with van der Waals surface area (Å²) in [5.74, 6) is 0.810. The number of rotatable bonds is 3. The minimum Gasteiger partial charge on any atom is -0.372 e. The molecule has 0 aliphatic carbocycles. The van der Waals surface area contributed by atoms with Gasteiger partial charge in [-0.05, 0) is 17.7 Å². The van der Waals surface area contributed by atoms with Crippen molar-refractivity contribution in [2.24, 2.45) is 5.73 Å². The van der Waals surface area contributed by atoms with Crippen LogP contribution in [0.1, 0.15) is 5.56 Å². The Labute approximate surface area is 111 Å². The average Bonchev–Trinajstić information content (AvgIpc) is 2.90. The van der Waals surface area contributed by atoms with E-state index in [1.807, 2.05) is 54.2 Å². The van der Waals surface area contributed by atoms with Crippen LogP contribution in [0.5, 0.6) is 0 Å². The second-order valence-corrected chi connectivity index (χ2v) is 4.28. The lowest BCUT2D eigenvalue weighted by Gasteiger charge is -2.04. The highest BCUT2D eigenvalue weighted by Crippen LogP contribution is 2.21. The molecule has 0 spiro atoms. The van der Waals surface area contributed by atoms with Crippen molar-refractivity contribution in [3.8, 4) is 11.3 Å². The predicted octanol–water partition coefficient (Wildman–Crippen LogP) is 1.90. The Kier molecular flexibility index (Phi) is 2.89. The lowest BCUT2D eigenvalue weighted by molar-refractivity contribution is 0.945. The molecular formula is C14H15N5. The maximum atomic E-state index is 5.61. The molecule has 0 saturated carbocycles. The lowest BCUT2D eigenvalue weighted by atomic mass is 10.1. The maximum Gasteiger partial charge on any atom is 0.154 e. The molecule has 0 amide bonds. The summed E-state index contributed by atoms with van der Waals surface area (Å²) in [4.78, 5) is 4.36. The molecule has 0 aliphatic heterocycles. The van der Waals surface area contributed by atoms with Crippen LogP contribution >= 0.6 is 0 Å². The number of nitrogens with two attached hydrogens (primary N) is 1. The van der Waals surface area contributed by atoms with Crippen LogP contribution in [0.2, 0.25) is 0 Å². The van der Waals surface area contributed by atoms with Gasteiger partial charge in [0.2, 0.25) is 0 Å². The first-order valence-electron chi connectivity index (χ1n) is 6.14. The van der Waals surface area contributed by atoms with E-state index in [9.17, 15) is 0 Å². The van der Waals surface area contributed by atoms with Gasteiger partial charge in [-0.3, -0.25) is 0 Å². The van der Waals surface area contributed by atoms with E-state index in [1.54, 1.807) is 0 Å². The summed E-state index contributed by atoms with van der Waals surface area (Å²) in [5.41, 5.74) is 9.59. The van der Waals surface area contributed by atoms with E-state index in [0.29, 0.717) is 6.54 Å². The van der Waals surface area contributed by atoms with Gasteiger partial charge < -0.3 is 11.1 Å². The van der Waals surface area contributed by atoms with Crippen molar-refractivity contribution in [2.45, 2.75) is 6.54 Å². The van der Waals surface area contributed by atoms with Crippen LogP contribution in [0.4, 0.5) is 5.82 Å². The highest BCUT2D eigenvalue weighted by molar-refractivity contribution is 5.63. The van der Waals surface area contributed by atoms with Crippen molar-refractivity contribution < 1.29 is 0 Å². The van der Waals surface area contributed by atoms with Gasteiger partial charge >= 0.3 is 0 Å². The molecule has 2 aromatic heterocycles. The van der Waals surface area contributed by atoms with Crippen molar-refractivity contribution in [1.82, 2.24) is 14.6 Å². The predicted molar refractivity (Wildman–Crippen MR) is 75.9 cm³/mol. The lowest BCUT2D eigenvalue weighted by Crippen LogP contribution is -2.00. The number of nitrogens with one attached hydrogen (secondary N) is 1. The molecule has 19 heavy (non-hydrogen) atoms. The number of hydrogen-bond donors (Lipinski definition) is 2. The quantitative estimate of drug-likeness (QED) is 0.748. The molecule has 5 nitrogen and oxygen atoms in total. The summed E-state index contributed by atoms with van der Waals surface area (Å²) >= 11 is 0. The summed E-state index contributed by atoms with van der Waals surface area (Å²) < 4.78 is 1.84. The molecule has 1 aromatic carbocycles. The summed E-state index contributed by atoms with van der Waals surface area (Å²) in [6.07, 6.45) is 1.83. The average molecular weight is 253 g/mol. The van der Waals surface area contributed by atoms with Crippen LogP contribution in [0.15, 0.2) is 42.6 Å². The molecule has 0 fully saturated rings. The van der Waals surface area contributed by atoms with Gasteiger partial charge in [0, 0.05) is 19.2 Å². The highest BCUT2D eigenvalue weighted by Gasteiger charge is 2.07. The third kappa shape index (κ3) is 2.04. The molecule has 0 atom stereocenters. The van der Waals surface area contributed by atoms with E-state index in [2.05, 4.69) is 15.4 Å². The molecule has 3 aromatic rings. The Bertz CT molecular complexity index is 699. The molecule has 0 radical (unpaired) electrons. The highest BCUT2D eigenvalue weighted by atomic mass is 15.3. The molecule has 3 N–H and O–H groups in total. The number of anilines is 1. The number of benzene rings is 1. The minimum absolute atomic E-state index is 0.551. The van der Waals surface area contributed by atoms with Crippen molar-refractivity contribution in [3.63, 3.8) is 0 Å². The topological polar surface area (TPSA) is 68.2 Å². The zero-order chi connectivity index (χ0) is 13.2. The first kappa shape index (κ1) is 11.7. The Balaban J connectivity index is 2.12. The molecule has 2 heterocycles. The SMILES string of the molecule is CNc1ccc2ncc(-c3ccc(CN)cc3)n2n1. The first-order valence-corrected chi connectivity index (χ1v) is 6.14. The second-order valence-electron chi connectivity index (χ2n) is 4.28. The van der Waals surface area contributed by atoms with E-state index < -0.39 is 0 Å². The van der Waals surface area contributed by atoms with Gasteiger partial charge in [0.05, 0.1) is 11.9 Å². The van der Waals surface area contributed by atoms with Crippen LogP contribution in [0, 0.1) is 0 Å². The Morgan fingerprint density at radius 2 is 1.95 bits per heavy atom. The molecular weight excluding hydrogens is 238 g/mol. The van der Waals surface area contributed by atoms with Gasteiger partial charge in [-0.15, -0.1) is 5.10 Å². The second kappa shape index (κ2) is 4.70. The standard InChI is InChI=1S/C14H15N5/c1-16-13-6-7-14-17-9-12(19(14)18-13)11-4-2-10(8-15)3-5-11/h2-7,9H,8,15H2,1H3,(H,16,18). The number of hydrogen-bond acceptors (Lipinski definition) is 4. The molecule has 3 rings (SSSR count). The van der Waals surface area contributed by atoms with Gasteiger partial charge in [-0.2, -0.15) is 0 Å². The Morgan fingerprint density at radius 3 is 2.63 bits per heavy atom. The minimum atomic E-state index is 0.551. The van der Waals surface area contributed by atoms with Crippen LogP contribution in [0.3, 0.4) is 0 Å². The van der Waals surface area contributed by atoms with Gasteiger partial charge in [-0.1, -0.05) is 24.3 Å². The van der Waals surface area contributed by atoms with E-state index in [-0.39, 0.29) is 0 Å². The van der Waals surface area contributed by atoms with Gasteiger partial charge in [0.1, 0.15) is 5.82 Å². The fourth-order valence-corrected chi connectivity index (χ4v) is 2.02. The van der Waals surface area contributed by atoms with Crippen molar-refractivity contribution >= 4 is 11.5 Å². The number of nitrogens with zero attached hydrogens (tertiary/aromatic N) is 3. The number of fused-ring (bicyclic) bond motifs is 1. The summed E-state index contributed by atoms with van der Waals surface area (Å²) in [6.45, 7) is 0.551. The fourth-order valence-electron chi connectivity index (χ4n) is 2.02. The Morgan fingerprint density at radius 1 is 1.16 bits per heavy atom. The fraction of sp³-hybridized carbons (Fsp3) is 0.143. The zero-order valence-electron chi connectivity index (χ0n) is 10.7. The third-order valence-corrected chi connectivity index (χ3v) is 3.10. The normalized spacial score (nSPS) is 10.8. The van der Waals surface area contributed by atoms with E-state index in [4.69, 9.17) is 5.73 Å². The largest absolute Gasteiger partial charge is 0.372 e.